The van der Waals surface area contributed by atoms with Crippen molar-refractivity contribution < 1.29 is 5.11 Å². The Hall–Kier alpha value is -0.750. The number of hydrazine groups is 1. The van der Waals surface area contributed by atoms with E-state index in [0.717, 1.165) is 25.7 Å². The van der Waals surface area contributed by atoms with Crippen molar-refractivity contribution in [2.24, 2.45) is 5.84 Å². The number of aliphatic hydroxyl groups excluding tert-OH is 1. The molecule has 0 amide bonds. The fraction of sp³-hybridized carbons (Fsp3) is 0.583. The molecule has 5 N–H and O–H groups in total. The van der Waals surface area contributed by atoms with E-state index in [1.165, 1.54) is 6.42 Å². The van der Waals surface area contributed by atoms with E-state index < -0.39 is 0 Å². The molecule has 2 rings (SSSR count). The first-order valence-corrected chi connectivity index (χ1v) is 7.07. The Kier molecular flexibility index (Phi) is 4.73. The number of halogens is 2. The second kappa shape index (κ2) is 6.13. The summed E-state index contributed by atoms with van der Waals surface area (Å²) in [4.78, 5) is 4.26. The zero-order chi connectivity index (χ0) is 13.9. The van der Waals surface area contributed by atoms with Gasteiger partial charge in [0, 0.05) is 0 Å². The summed E-state index contributed by atoms with van der Waals surface area (Å²) < 4.78 is 0. The molecule has 1 fully saturated rings. The Morgan fingerprint density at radius 1 is 1.21 bits per heavy atom. The molecular formula is C12H18Cl2N4O. The Bertz CT molecular complexity index is 450. The lowest BCUT2D eigenvalue weighted by Gasteiger charge is -2.37. The molecule has 0 radical (unpaired) electrons. The maximum Gasteiger partial charge on any atom is 0.161 e. The molecule has 1 saturated carbocycles. The number of hydrogen-bond acceptors (Lipinski definition) is 5. The summed E-state index contributed by atoms with van der Waals surface area (Å²) in [6.45, 7) is 0.0546. The highest BCUT2D eigenvalue weighted by atomic mass is 35.5. The van der Waals surface area contributed by atoms with Crippen molar-refractivity contribution in [3.8, 4) is 0 Å². The molecule has 5 nitrogen and oxygen atoms in total. The lowest BCUT2D eigenvalue weighted by Crippen LogP contribution is -2.44. The van der Waals surface area contributed by atoms with Crippen LogP contribution in [0, 0.1) is 0 Å². The Labute approximate surface area is 122 Å². The lowest BCUT2D eigenvalue weighted by atomic mass is 9.82. The van der Waals surface area contributed by atoms with Gasteiger partial charge in [-0.2, -0.15) is 0 Å². The van der Waals surface area contributed by atoms with E-state index in [2.05, 4.69) is 15.7 Å². The summed E-state index contributed by atoms with van der Waals surface area (Å²) in [6.07, 6.45) is 5.16. The van der Waals surface area contributed by atoms with E-state index in [1.807, 2.05) is 0 Å². The van der Waals surface area contributed by atoms with Crippen molar-refractivity contribution in [1.82, 2.24) is 4.98 Å². The van der Waals surface area contributed by atoms with Gasteiger partial charge in [-0.05, 0) is 18.9 Å². The summed E-state index contributed by atoms with van der Waals surface area (Å²) in [5.74, 6) is 6.21. The maximum absolute atomic E-state index is 9.68. The molecule has 0 saturated heterocycles. The normalized spacial score (nSPS) is 18.1. The number of anilines is 2. The molecule has 0 aromatic carbocycles. The van der Waals surface area contributed by atoms with E-state index in [9.17, 15) is 5.11 Å². The number of nitrogens with zero attached hydrogens (tertiary/aromatic N) is 1. The molecule has 1 aromatic heterocycles. The molecule has 1 heterocycles. The molecular weight excluding hydrogens is 287 g/mol. The van der Waals surface area contributed by atoms with Gasteiger partial charge >= 0.3 is 0 Å². The first-order valence-electron chi connectivity index (χ1n) is 6.32. The first kappa shape index (κ1) is 14.7. The van der Waals surface area contributed by atoms with Crippen LogP contribution in [-0.2, 0) is 0 Å². The van der Waals surface area contributed by atoms with Crippen LogP contribution in [0.15, 0.2) is 6.07 Å². The molecule has 106 valence electrons. The number of nitrogens with one attached hydrogen (secondary N) is 2. The second-order valence-electron chi connectivity index (χ2n) is 4.92. The van der Waals surface area contributed by atoms with Crippen molar-refractivity contribution in [2.75, 3.05) is 17.3 Å². The van der Waals surface area contributed by atoms with Gasteiger partial charge in [0.05, 0.1) is 22.2 Å². The molecule has 19 heavy (non-hydrogen) atoms. The minimum Gasteiger partial charge on any atom is -0.394 e. The van der Waals surface area contributed by atoms with Gasteiger partial charge in [0.1, 0.15) is 5.82 Å². The summed E-state index contributed by atoms with van der Waals surface area (Å²) >= 11 is 12.1. The van der Waals surface area contributed by atoms with E-state index >= 15 is 0 Å². The number of nitrogen functional groups attached to an aromatic ring is 1. The van der Waals surface area contributed by atoms with Crippen LogP contribution in [0.5, 0.6) is 0 Å². The molecule has 7 heteroatoms. The Balaban J connectivity index is 2.26. The molecule has 0 unspecified atom stereocenters. The van der Waals surface area contributed by atoms with Gasteiger partial charge in [-0.1, -0.05) is 42.5 Å². The Morgan fingerprint density at radius 2 is 1.84 bits per heavy atom. The summed E-state index contributed by atoms with van der Waals surface area (Å²) in [6, 6.07) is 1.58. The monoisotopic (exact) mass is 304 g/mol. The topological polar surface area (TPSA) is 83.2 Å². The van der Waals surface area contributed by atoms with E-state index in [4.69, 9.17) is 29.0 Å². The highest BCUT2D eigenvalue weighted by molar-refractivity contribution is 6.37. The lowest BCUT2D eigenvalue weighted by molar-refractivity contribution is 0.172. The summed E-state index contributed by atoms with van der Waals surface area (Å²) in [5.41, 5.74) is 2.07. The third-order valence-electron chi connectivity index (χ3n) is 3.56. The minimum absolute atomic E-state index is 0.0546. The van der Waals surface area contributed by atoms with Crippen molar-refractivity contribution in [1.29, 1.82) is 0 Å². The van der Waals surface area contributed by atoms with Crippen molar-refractivity contribution in [3.63, 3.8) is 0 Å². The summed E-state index contributed by atoms with van der Waals surface area (Å²) in [7, 11) is 0. The number of aliphatic hydroxyl groups is 1. The third kappa shape index (κ3) is 3.23. The average Bonchev–Trinajstić information content (AvgIpc) is 2.43. The molecule has 0 spiro atoms. The fourth-order valence-corrected chi connectivity index (χ4v) is 2.92. The highest BCUT2D eigenvalue weighted by Crippen LogP contribution is 2.35. The molecule has 1 aromatic rings. The maximum atomic E-state index is 9.68. The number of nitrogens with two attached hydrogens (primary N) is 1. The van der Waals surface area contributed by atoms with Crippen LogP contribution in [-0.4, -0.2) is 22.2 Å². The quantitative estimate of drug-likeness (QED) is 0.508. The zero-order valence-corrected chi connectivity index (χ0v) is 12.1. The number of hydrogen-bond donors (Lipinski definition) is 4. The predicted octanol–water partition coefficient (Wildman–Crippen LogP) is 2.78. The van der Waals surface area contributed by atoms with Crippen LogP contribution in [0.4, 0.5) is 11.6 Å². The highest BCUT2D eigenvalue weighted by Gasteiger charge is 2.32. The van der Waals surface area contributed by atoms with Gasteiger partial charge in [-0.25, -0.2) is 10.8 Å². The first-order chi connectivity index (χ1) is 9.10. The van der Waals surface area contributed by atoms with Crippen LogP contribution in [0.25, 0.3) is 0 Å². The van der Waals surface area contributed by atoms with Crippen LogP contribution in [0.2, 0.25) is 10.0 Å². The third-order valence-corrected chi connectivity index (χ3v) is 4.14. The standard InChI is InChI=1S/C12H18Cl2N4O/c13-8-6-9(14)11(18-15)16-10(8)17-12(7-19)4-2-1-3-5-12/h6,19H,1-5,7,15H2,(H2,16,17,18). The summed E-state index contributed by atoms with van der Waals surface area (Å²) in [5, 5.41) is 13.7. The van der Waals surface area contributed by atoms with Crippen molar-refractivity contribution in [3.05, 3.63) is 16.1 Å². The average molecular weight is 305 g/mol. The number of rotatable bonds is 4. The molecule has 1 aliphatic carbocycles. The Morgan fingerprint density at radius 3 is 2.42 bits per heavy atom. The minimum atomic E-state index is -0.353. The molecule has 0 atom stereocenters. The molecule has 0 aliphatic heterocycles. The van der Waals surface area contributed by atoms with E-state index in [1.54, 1.807) is 6.07 Å². The predicted molar refractivity (Wildman–Crippen MR) is 78.6 cm³/mol. The van der Waals surface area contributed by atoms with Gasteiger partial charge in [0.15, 0.2) is 5.82 Å². The van der Waals surface area contributed by atoms with Crippen LogP contribution < -0.4 is 16.6 Å². The van der Waals surface area contributed by atoms with Crippen LogP contribution >= 0.6 is 23.2 Å². The van der Waals surface area contributed by atoms with Crippen molar-refractivity contribution >= 4 is 34.8 Å². The second-order valence-corrected chi connectivity index (χ2v) is 5.73. The van der Waals surface area contributed by atoms with Gasteiger partial charge in [-0.15, -0.1) is 0 Å². The molecule has 0 bridgehead atoms. The SMILES string of the molecule is NNc1nc(NC2(CO)CCCCC2)c(Cl)cc1Cl. The van der Waals surface area contributed by atoms with E-state index in [0.29, 0.717) is 21.7 Å². The van der Waals surface area contributed by atoms with E-state index in [-0.39, 0.29) is 12.1 Å². The zero-order valence-electron chi connectivity index (χ0n) is 10.5. The van der Waals surface area contributed by atoms with Gasteiger partial charge in [-0.3, -0.25) is 0 Å². The van der Waals surface area contributed by atoms with Gasteiger partial charge in [0.2, 0.25) is 0 Å². The molecule has 1 aliphatic rings. The largest absolute Gasteiger partial charge is 0.394 e. The van der Waals surface area contributed by atoms with Gasteiger partial charge in [0.25, 0.3) is 0 Å². The smallest absolute Gasteiger partial charge is 0.161 e. The number of aromatic nitrogens is 1. The van der Waals surface area contributed by atoms with Gasteiger partial charge < -0.3 is 15.8 Å². The van der Waals surface area contributed by atoms with Crippen LogP contribution in [0.3, 0.4) is 0 Å². The number of pyridine rings is 1. The van der Waals surface area contributed by atoms with Crippen molar-refractivity contribution in [2.45, 2.75) is 37.6 Å². The fourth-order valence-electron chi connectivity index (χ4n) is 2.46. The van der Waals surface area contributed by atoms with Crippen LogP contribution in [0.1, 0.15) is 32.1 Å².